The molecule has 0 spiro atoms. The highest BCUT2D eigenvalue weighted by Crippen LogP contribution is 2.22. The molecule has 2 aromatic carbocycles. The number of benzene rings is 2. The van der Waals surface area contributed by atoms with Gasteiger partial charge in [0, 0.05) is 18.1 Å². The van der Waals surface area contributed by atoms with E-state index in [9.17, 15) is 4.79 Å². The normalized spacial score (nSPS) is 10.5. The van der Waals surface area contributed by atoms with Crippen molar-refractivity contribution in [3.63, 3.8) is 0 Å². The Bertz CT molecular complexity index is 798. The molecule has 0 aliphatic carbocycles. The van der Waals surface area contributed by atoms with Crippen LogP contribution in [0.4, 0.5) is 0 Å². The van der Waals surface area contributed by atoms with Gasteiger partial charge in [-0.1, -0.05) is 48.5 Å². The van der Waals surface area contributed by atoms with Crippen molar-refractivity contribution >= 4 is 16.8 Å². The number of hydrogen-bond donors (Lipinski definition) is 1. The Hall–Kier alpha value is -2.88. The molecule has 4 nitrogen and oxygen atoms in total. The lowest BCUT2D eigenvalue weighted by atomic mass is 10.1. The number of carbonyl (C=O) groups is 1. The van der Waals surface area contributed by atoms with Crippen LogP contribution in [0.3, 0.4) is 0 Å². The molecule has 1 N–H and O–H groups in total. The van der Waals surface area contributed by atoms with Gasteiger partial charge >= 0.3 is 0 Å². The Kier molecular flexibility index (Phi) is 5.40. The highest BCUT2D eigenvalue weighted by atomic mass is 16.5. The smallest absolute Gasteiger partial charge is 0.224 e. The topological polar surface area (TPSA) is 51.2 Å². The zero-order chi connectivity index (χ0) is 16.6. The second-order valence-electron chi connectivity index (χ2n) is 5.55. The number of pyridine rings is 1. The Labute approximate surface area is 141 Å². The lowest BCUT2D eigenvalue weighted by Gasteiger charge is -2.09. The van der Waals surface area contributed by atoms with E-state index in [4.69, 9.17) is 4.74 Å². The van der Waals surface area contributed by atoms with Crippen LogP contribution in [0.1, 0.15) is 12.0 Å². The van der Waals surface area contributed by atoms with Gasteiger partial charge < -0.3 is 10.1 Å². The van der Waals surface area contributed by atoms with Crippen LogP contribution in [0.15, 0.2) is 66.9 Å². The predicted molar refractivity (Wildman–Crippen MR) is 95.0 cm³/mol. The number of aromatic nitrogens is 1. The van der Waals surface area contributed by atoms with Gasteiger partial charge in [-0.05, 0) is 24.1 Å². The molecule has 1 amide bonds. The maximum absolute atomic E-state index is 11.9. The van der Waals surface area contributed by atoms with Crippen LogP contribution >= 0.6 is 0 Å². The summed E-state index contributed by atoms with van der Waals surface area (Å²) in [5, 5.41) is 3.98. The van der Waals surface area contributed by atoms with Crippen LogP contribution in [-0.2, 0) is 11.2 Å². The summed E-state index contributed by atoms with van der Waals surface area (Å²) in [5.41, 5.74) is 1.89. The minimum Gasteiger partial charge on any atom is -0.491 e. The van der Waals surface area contributed by atoms with Gasteiger partial charge in [0.15, 0.2) is 0 Å². The van der Waals surface area contributed by atoms with Gasteiger partial charge in [-0.2, -0.15) is 0 Å². The Morgan fingerprint density at radius 2 is 1.83 bits per heavy atom. The van der Waals surface area contributed by atoms with Crippen LogP contribution in [0.5, 0.6) is 5.75 Å². The van der Waals surface area contributed by atoms with Crippen molar-refractivity contribution < 1.29 is 9.53 Å². The summed E-state index contributed by atoms with van der Waals surface area (Å²) in [6.07, 6.45) is 2.93. The monoisotopic (exact) mass is 320 g/mol. The van der Waals surface area contributed by atoms with Gasteiger partial charge in [0.05, 0.1) is 13.0 Å². The molecule has 0 radical (unpaired) electrons. The van der Waals surface area contributed by atoms with Crippen molar-refractivity contribution in [1.82, 2.24) is 10.3 Å². The van der Waals surface area contributed by atoms with Crippen molar-refractivity contribution in [3.8, 4) is 5.75 Å². The highest BCUT2D eigenvalue weighted by Gasteiger charge is 2.04. The molecule has 0 fully saturated rings. The van der Waals surface area contributed by atoms with Crippen molar-refractivity contribution in [2.75, 3.05) is 13.2 Å². The first-order valence-electron chi connectivity index (χ1n) is 8.10. The second-order valence-corrected chi connectivity index (χ2v) is 5.55. The zero-order valence-corrected chi connectivity index (χ0v) is 13.4. The number of ether oxygens (including phenoxy) is 1. The predicted octanol–water partition coefficient (Wildman–Crippen LogP) is 3.36. The Morgan fingerprint density at radius 1 is 1.00 bits per heavy atom. The summed E-state index contributed by atoms with van der Waals surface area (Å²) in [5.74, 6) is 0.816. The summed E-state index contributed by atoms with van der Waals surface area (Å²) in [6.45, 7) is 1.14. The quantitative estimate of drug-likeness (QED) is 0.679. The molecule has 0 aliphatic rings. The largest absolute Gasteiger partial charge is 0.491 e. The fourth-order valence-electron chi connectivity index (χ4n) is 2.52. The van der Waals surface area contributed by atoms with Crippen LogP contribution in [-0.4, -0.2) is 24.0 Å². The first kappa shape index (κ1) is 16.0. The third kappa shape index (κ3) is 4.32. The van der Waals surface area contributed by atoms with E-state index in [1.807, 2.05) is 60.7 Å². The van der Waals surface area contributed by atoms with Crippen molar-refractivity contribution in [2.45, 2.75) is 12.8 Å². The van der Waals surface area contributed by atoms with Crippen molar-refractivity contribution in [2.24, 2.45) is 0 Å². The molecule has 1 aromatic heterocycles. The number of fused-ring (bicyclic) bond motifs is 1. The lowest BCUT2D eigenvalue weighted by molar-refractivity contribution is -0.120. The zero-order valence-electron chi connectivity index (χ0n) is 13.4. The van der Waals surface area contributed by atoms with Crippen LogP contribution < -0.4 is 10.1 Å². The SMILES string of the molecule is O=C(Cc1ccccc1)NCCCOc1cccc2cccnc12. The molecule has 122 valence electrons. The molecule has 0 saturated carbocycles. The Balaban J connectivity index is 1.41. The second kappa shape index (κ2) is 8.11. The summed E-state index contributed by atoms with van der Waals surface area (Å²) < 4.78 is 5.81. The van der Waals surface area contributed by atoms with Gasteiger partial charge in [-0.3, -0.25) is 9.78 Å². The number of rotatable bonds is 7. The third-order valence-electron chi connectivity index (χ3n) is 3.70. The molecule has 1 heterocycles. The number of para-hydroxylation sites is 1. The number of nitrogens with zero attached hydrogens (tertiary/aromatic N) is 1. The van der Waals surface area contributed by atoms with Gasteiger partial charge in [0.1, 0.15) is 11.3 Å². The highest BCUT2D eigenvalue weighted by molar-refractivity contribution is 5.84. The van der Waals surface area contributed by atoms with E-state index in [0.29, 0.717) is 19.6 Å². The summed E-state index contributed by atoms with van der Waals surface area (Å²) in [4.78, 5) is 16.2. The van der Waals surface area contributed by atoms with Crippen LogP contribution in [0.25, 0.3) is 10.9 Å². The molecule has 0 saturated heterocycles. The molecule has 0 aliphatic heterocycles. The van der Waals surface area contributed by atoms with E-state index in [0.717, 1.165) is 28.6 Å². The summed E-state index contributed by atoms with van der Waals surface area (Å²) in [6, 6.07) is 19.5. The fourth-order valence-corrected chi connectivity index (χ4v) is 2.52. The number of carbonyl (C=O) groups excluding carboxylic acids is 1. The third-order valence-corrected chi connectivity index (χ3v) is 3.70. The minimum atomic E-state index is 0.0352. The Morgan fingerprint density at radius 3 is 2.71 bits per heavy atom. The molecule has 0 atom stereocenters. The van der Waals surface area contributed by atoms with Gasteiger partial charge in [0.2, 0.25) is 5.91 Å². The molecule has 3 aromatic rings. The standard InChI is InChI=1S/C20H20N2O2/c23-19(15-16-7-2-1-3-8-16)21-13-6-14-24-18-11-4-9-17-10-5-12-22-20(17)18/h1-5,7-12H,6,13-15H2,(H,21,23). The summed E-state index contributed by atoms with van der Waals surface area (Å²) >= 11 is 0. The average Bonchev–Trinajstić information content (AvgIpc) is 2.62. The molecular weight excluding hydrogens is 300 g/mol. The van der Waals surface area contributed by atoms with Gasteiger partial charge in [-0.15, -0.1) is 0 Å². The van der Waals surface area contributed by atoms with Gasteiger partial charge in [-0.25, -0.2) is 0 Å². The molecule has 0 bridgehead atoms. The maximum atomic E-state index is 11.9. The number of hydrogen-bond acceptors (Lipinski definition) is 3. The molecule has 3 rings (SSSR count). The molecule has 4 heteroatoms. The van der Waals surface area contributed by atoms with Crippen LogP contribution in [0, 0.1) is 0 Å². The summed E-state index contributed by atoms with van der Waals surface area (Å²) in [7, 11) is 0. The average molecular weight is 320 g/mol. The van der Waals surface area contributed by atoms with E-state index >= 15 is 0 Å². The number of amides is 1. The van der Waals surface area contributed by atoms with E-state index < -0.39 is 0 Å². The van der Waals surface area contributed by atoms with E-state index in [1.165, 1.54) is 0 Å². The molecule has 0 unspecified atom stereocenters. The van der Waals surface area contributed by atoms with E-state index in [2.05, 4.69) is 10.3 Å². The van der Waals surface area contributed by atoms with Crippen molar-refractivity contribution in [1.29, 1.82) is 0 Å². The minimum absolute atomic E-state index is 0.0352. The first-order chi connectivity index (χ1) is 11.8. The number of nitrogens with one attached hydrogen (secondary N) is 1. The van der Waals surface area contributed by atoms with E-state index in [1.54, 1.807) is 6.20 Å². The van der Waals surface area contributed by atoms with Crippen LogP contribution in [0.2, 0.25) is 0 Å². The van der Waals surface area contributed by atoms with Gasteiger partial charge in [0.25, 0.3) is 0 Å². The lowest BCUT2D eigenvalue weighted by Crippen LogP contribution is -2.27. The van der Waals surface area contributed by atoms with E-state index in [-0.39, 0.29) is 5.91 Å². The fraction of sp³-hybridized carbons (Fsp3) is 0.200. The maximum Gasteiger partial charge on any atom is 0.224 e. The molecular formula is C20H20N2O2. The molecule has 24 heavy (non-hydrogen) atoms. The van der Waals surface area contributed by atoms with Crippen molar-refractivity contribution in [3.05, 3.63) is 72.4 Å². The first-order valence-corrected chi connectivity index (χ1v) is 8.10.